The lowest BCUT2D eigenvalue weighted by molar-refractivity contribution is -0.141. The Labute approximate surface area is 77.1 Å². The van der Waals surface area contributed by atoms with E-state index in [0.717, 1.165) is 12.3 Å². The van der Waals surface area contributed by atoms with Crippen LogP contribution in [0.1, 0.15) is 5.69 Å². The first-order chi connectivity index (χ1) is 6.04. The molecule has 0 unspecified atom stereocenters. The summed E-state index contributed by atoms with van der Waals surface area (Å²) in [5, 5.41) is 1.98. The van der Waals surface area contributed by atoms with Crippen LogP contribution in [-0.2, 0) is 6.18 Å². The van der Waals surface area contributed by atoms with Crippen molar-refractivity contribution in [3.8, 4) is 0 Å². The number of halogens is 3. The predicted molar refractivity (Wildman–Crippen MR) is 43.9 cm³/mol. The van der Waals surface area contributed by atoms with Gasteiger partial charge in [0.2, 0.25) is 0 Å². The average molecular weight is 204 g/mol. The summed E-state index contributed by atoms with van der Waals surface area (Å²) in [6.07, 6.45) is -3.43. The standard InChI is InChI=1S/C7H3F3N2S/c8-7(9,10)6-3-5(12-4-13)1-2-11-6/h1-3H. The summed E-state index contributed by atoms with van der Waals surface area (Å²) in [5.41, 5.74) is -0.892. The van der Waals surface area contributed by atoms with Gasteiger partial charge in [0.15, 0.2) is 0 Å². The molecular formula is C7H3F3N2S. The molecule has 0 atom stereocenters. The zero-order chi connectivity index (χ0) is 9.90. The van der Waals surface area contributed by atoms with Gasteiger partial charge in [-0.1, -0.05) is 0 Å². The second-order valence-corrected chi connectivity index (χ2v) is 2.28. The lowest BCUT2D eigenvalue weighted by atomic mass is 10.3. The molecule has 0 fully saturated rings. The summed E-state index contributed by atoms with van der Waals surface area (Å²) in [6, 6.07) is 2.12. The Hall–Kier alpha value is -1.26. The molecule has 1 aromatic heterocycles. The molecule has 0 amide bonds. The number of alkyl halides is 3. The number of nitrogens with zero attached hydrogens (tertiary/aromatic N) is 2. The van der Waals surface area contributed by atoms with E-state index in [1.165, 1.54) is 6.07 Å². The van der Waals surface area contributed by atoms with E-state index in [9.17, 15) is 13.2 Å². The van der Waals surface area contributed by atoms with Crippen LogP contribution >= 0.6 is 12.2 Å². The molecule has 0 N–H and O–H groups in total. The van der Waals surface area contributed by atoms with Crippen LogP contribution in [0.3, 0.4) is 0 Å². The van der Waals surface area contributed by atoms with Gasteiger partial charge in [-0.05, 0) is 24.4 Å². The minimum absolute atomic E-state index is 0.0947. The third-order valence-corrected chi connectivity index (χ3v) is 1.30. The van der Waals surface area contributed by atoms with Gasteiger partial charge in [0, 0.05) is 6.20 Å². The van der Waals surface area contributed by atoms with Crippen LogP contribution in [0.5, 0.6) is 0 Å². The number of rotatable bonds is 1. The molecular weight excluding hydrogens is 201 g/mol. The van der Waals surface area contributed by atoms with Gasteiger partial charge in [0.25, 0.3) is 0 Å². The molecule has 0 saturated carbocycles. The molecule has 0 aliphatic carbocycles. The summed E-state index contributed by atoms with van der Waals surface area (Å²) in [5.74, 6) is 0. The Morgan fingerprint density at radius 1 is 1.46 bits per heavy atom. The van der Waals surface area contributed by atoms with Crippen LogP contribution in [-0.4, -0.2) is 10.1 Å². The fourth-order valence-corrected chi connectivity index (χ4v) is 0.802. The number of hydrogen-bond acceptors (Lipinski definition) is 3. The van der Waals surface area contributed by atoms with Gasteiger partial charge in [0.1, 0.15) is 5.69 Å². The Kier molecular flexibility index (Phi) is 2.75. The lowest BCUT2D eigenvalue weighted by Crippen LogP contribution is -2.06. The lowest BCUT2D eigenvalue weighted by Gasteiger charge is -2.04. The fourth-order valence-electron chi connectivity index (χ4n) is 0.697. The van der Waals surface area contributed by atoms with Crippen molar-refractivity contribution in [2.45, 2.75) is 6.18 Å². The van der Waals surface area contributed by atoms with Gasteiger partial charge < -0.3 is 0 Å². The number of hydrogen-bond donors (Lipinski definition) is 0. The van der Waals surface area contributed by atoms with E-state index in [-0.39, 0.29) is 5.69 Å². The van der Waals surface area contributed by atoms with Gasteiger partial charge in [-0.3, -0.25) is 4.98 Å². The maximum Gasteiger partial charge on any atom is 0.433 e. The van der Waals surface area contributed by atoms with E-state index in [1.807, 2.05) is 5.16 Å². The molecule has 0 aliphatic rings. The van der Waals surface area contributed by atoms with Crippen molar-refractivity contribution in [3.63, 3.8) is 0 Å². The van der Waals surface area contributed by atoms with E-state index >= 15 is 0 Å². The molecule has 1 rings (SSSR count). The number of isothiocyanates is 1. The van der Waals surface area contributed by atoms with Gasteiger partial charge in [0.05, 0.1) is 10.8 Å². The summed E-state index contributed by atoms with van der Waals surface area (Å²) in [7, 11) is 0. The van der Waals surface area contributed by atoms with Crippen molar-refractivity contribution in [1.29, 1.82) is 0 Å². The average Bonchev–Trinajstić information content (AvgIpc) is 2.04. The van der Waals surface area contributed by atoms with Crippen LogP contribution in [0.4, 0.5) is 18.9 Å². The molecule has 1 aromatic rings. The third kappa shape index (κ3) is 2.61. The Morgan fingerprint density at radius 3 is 2.69 bits per heavy atom. The fraction of sp³-hybridized carbons (Fsp3) is 0.143. The molecule has 6 heteroatoms. The Morgan fingerprint density at radius 2 is 2.15 bits per heavy atom. The monoisotopic (exact) mass is 204 g/mol. The zero-order valence-corrected chi connectivity index (χ0v) is 6.99. The second kappa shape index (κ2) is 3.64. The molecule has 0 aliphatic heterocycles. The van der Waals surface area contributed by atoms with Crippen molar-refractivity contribution in [1.82, 2.24) is 4.98 Å². The highest BCUT2D eigenvalue weighted by Crippen LogP contribution is 2.29. The van der Waals surface area contributed by atoms with Crippen molar-refractivity contribution >= 4 is 23.1 Å². The summed E-state index contributed by atoms with van der Waals surface area (Å²) in [4.78, 5) is 6.55. The molecule has 0 radical (unpaired) electrons. The van der Waals surface area contributed by atoms with E-state index in [0.29, 0.717) is 0 Å². The zero-order valence-electron chi connectivity index (χ0n) is 6.17. The number of thiocarbonyl (C=S) groups is 1. The topological polar surface area (TPSA) is 25.2 Å². The van der Waals surface area contributed by atoms with Crippen molar-refractivity contribution in [3.05, 3.63) is 24.0 Å². The quantitative estimate of drug-likeness (QED) is 0.519. The maximum atomic E-state index is 12.1. The molecule has 1 heterocycles. The van der Waals surface area contributed by atoms with Crippen molar-refractivity contribution in [2.75, 3.05) is 0 Å². The van der Waals surface area contributed by atoms with E-state index in [1.54, 1.807) is 0 Å². The SMILES string of the molecule is FC(F)(F)c1cc(N=C=S)ccn1. The molecule has 68 valence electrons. The van der Waals surface area contributed by atoms with Crippen LogP contribution in [0, 0.1) is 0 Å². The van der Waals surface area contributed by atoms with Crippen LogP contribution < -0.4 is 0 Å². The van der Waals surface area contributed by atoms with Crippen molar-refractivity contribution in [2.24, 2.45) is 4.99 Å². The molecule has 0 bridgehead atoms. The summed E-state index contributed by atoms with van der Waals surface area (Å²) < 4.78 is 36.2. The largest absolute Gasteiger partial charge is 0.433 e. The number of aromatic nitrogens is 1. The van der Waals surface area contributed by atoms with Gasteiger partial charge in [-0.2, -0.15) is 18.2 Å². The first-order valence-corrected chi connectivity index (χ1v) is 3.56. The molecule has 0 saturated heterocycles. The molecule has 13 heavy (non-hydrogen) atoms. The first kappa shape index (κ1) is 9.83. The highest BCUT2D eigenvalue weighted by Gasteiger charge is 2.32. The molecule has 0 spiro atoms. The predicted octanol–water partition coefficient (Wildman–Crippen LogP) is 2.83. The van der Waals surface area contributed by atoms with Gasteiger partial charge in [-0.25, -0.2) is 0 Å². The van der Waals surface area contributed by atoms with E-state index < -0.39 is 11.9 Å². The smallest absolute Gasteiger partial charge is 0.252 e. The summed E-state index contributed by atoms with van der Waals surface area (Å²) >= 11 is 4.25. The van der Waals surface area contributed by atoms with Crippen molar-refractivity contribution < 1.29 is 13.2 Å². The Bertz CT molecular complexity index is 355. The number of aliphatic imine (C=N–C) groups is 1. The number of pyridine rings is 1. The van der Waals surface area contributed by atoms with Crippen LogP contribution in [0.2, 0.25) is 0 Å². The third-order valence-electron chi connectivity index (χ3n) is 1.21. The highest BCUT2D eigenvalue weighted by molar-refractivity contribution is 7.78. The molecule has 0 aromatic carbocycles. The first-order valence-electron chi connectivity index (χ1n) is 3.15. The van der Waals surface area contributed by atoms with E-state index in [4.69, 9.17) is 0 Å². The second-order valence-electron chi connectivity index (χ2n) is 2.10. The highest BCUT2D eigenvalue weighted by atomic mass is 32.1. The summed E-state index contributed by atoms with van der Waals surface area (Å²) in [6.45, 7) is 0. The van der Waals surface area contributed by atoms with Gasteiger partial charge >= 0.3 is 6.18 Å². The normalized spacial score (nSPS) is 10.7. The Balaban J connectivity index is 3.12. The maximum absolute atomic E-state index is 12.1. The minimum atomic E-state index is -4.45. The minimum Gasteiger partial charge on any atom is -0.252 e. The van der Waals surface area contributed by atoms with Crippen LogP contribution in [0.25, 0.3) is 0 Å². The molecule has 2 nitrogen and oxygen atoms in total. The van der Waals surface area contributed by atoms with Gasteiger partial charge in [-0.15, -0.1) is 0 Å². The van der Waals surface area contributed by atoms with E-state index in [2.05, 4.69) is 22.2 Å². The van der Waals surface area contributed by atoms with Crippen LogP contribution in [0.15, 0.2) is 23.3 Å².